The van der Waals surface area contributed by atoms with Gasteiger partial charge in [-0.3, -0.25) is 0 Å². The zero-order chi connectivity index (χ0) is 45.0. The lowest BCUT2D eigenvalue weighted by molar-refractivity contribution is 0.332. The molecule has 6 aromatic carbocycles. The molecule has 11 rings (SSSR count). The fourth-order valence-corrected chi connectivity index (χ4v) is 13.4. The largest absolute Gasteiger partial charge is 0.311 e. The van der Waals surface area contributed by atoms with Gasteiger partial charge >= 0.3 is 0 Å². The van der Waals surface area contributed by atoms with E-state index in [-0.39, 0.29) is 33.8 Å². The van der Waals surface area contributed by atoms with Crippen LogP contribution in [0.1, 0.15) is 141 Å². The minimum absolute atomic E-state index is 0.0240. The van der Waals surface area contributed by atoms with E-state index in [4.69, 9.17) is 0 Å². The maximum absolute atomic E-state index is 2.70. The summed E-state index contributed by atoms with van der Waals surface area (Å²) >= 11 is 2.01. The molecule has 0 unspecified atom stereocenters. The van der Waals surface area contributed by atoms with Gasteiger partial charge in [0.2, 0.25) is 0 Å². The number of fused-ring (bicyclic) bond motifs is 8. The Kier molecular flexibility index (Phi) is 8.94. The molecule has 7 aromatic rings. The molecule has 0 fully saturated rings. The van der Waals surface area contributed by atoms with Crippen LogP contribution in [0.15, 0.2) is 109 Å². The molecule has 4 heteroatoms. The lowest BCUT2D eigenvalue weighted by Crippen LogP contribution is -2.60. The zero-order valence-corrected chi connectivity index (χ0v) is 41.4. The topological polar surface area (TPSA) is 6.48 Å². The molecule has 64 heavy (non-hydrogen) atoms. The number of hydrogen-bond acceptors (Lipinski definition) is 3. The molecule has 324 valence electrons. The maximum Gasteiger partial charge on any atom is 0.264 e. The van der Waals surface area contributed by atoms with E-state index < -0.39 is 0 Å². The Morgan fingerprint density at radius 3 is 1.78 bits per heavy atom. The number of rotatable bonds is 3. The van der Waals surface area contributed by atoms with Crippen LogP contribution in [0.5, 0.6) is 0 Å². The third-order valence-electron chi connectivity index (χ3n) is 16.2. The molecule has 0 radical (unpaired) electrons. The average Bonchev–Trinajstić information content (AvgIpc) is 3.62. The van der Waals surface area contributed by atoms with Gasteiger partial charge in [-0.25, -0.2) is 0 Å². The van der Waals surface area contributed by atoms with Crippen molar-refractivity contribution in [2.45, 2.75) is 143 Å². The highest BCUT2D eigenvalue weighted by atomic mass is 32.1. The van der Waals surface area contributed by atoms with Crippen LogP contribution in [0, 0.1) is 13.8 Å². The highest BCUT2D eigenvalue weighted by Gasteiger charge is 2.47. The van der Waals surface area contributed by atoms with Crippen molar-refractivity contribution in [2.24, 2.45) is 0 Å². The van der Waals surface area contributed by atoms with Gasteiger partial charge in [-0.2, -0.15) is 0 Å². The molecule has 2 aliphatic heterocycles. The monoisotopic (exact) mass is 856 g/mol. The Bertz CT molecular complexity index is 3080. The normalized spacial score (nSPS) is 18.5. The van der Waals surface area contributed by atoms with Crippen molar-refractivity contribution in [2.75, 3.05) is 9.80 Å². The van der Waals surface area contributed by atoms with Gasteiger partial charge in [-0.05, 0) is 177 Å². The van der Waals surface area contributed by atoms with E-state index in [2.05, 4.69) is 209 Å². The number of anilines is 6. The third-order valence-corrected chi connectivity index (χ3v) is 17.4. The SMILES string of the molecule is Cc1ccc2c(c1)N(c1cc3c(cc1-c1ccccc1)C(C)(C)CCC3(C)C)c1cc(C)cc3c1B2c1sc2ccc(C(C)(C)C)cc2c1N3c1ccc2c(c1)C(C)(C)CCC2(C)C. The Hall–Kier alpha value is -5.06. The lowest BCUT2D eigenvalue weighted by Gasteiger charge is -2.46. The first-order valence-electron chi connectivity index (χ1n) is 24.0. The van der Waals surface area contributed by atoms with E-state index in [9.17, 15) is 0 Å². The van der Waals surface area contributed by atoms with Crippen LogP contribution in [0.25, 0.3) is 21.2 Å². The van der Waals surface area contributed by atoms with Crippen molar-refractivity contribution >= 4 is 78.0 Å². The summed E-state index contributed by atoms with van der Waals surface area (Å²) in [5.74, 6) is 0. The van der Waals surface area contributed by atoms with Crippen molar-refractivity contribution in [1.29, 1.82) is 0 Å². The molecule has 0 saturated heterocycles. The van der Waals surface area contributed by atoms with Crippen molar-refractivity contribution in [3.05, 3.63) is 148 Å². The first kappa shape index (κ1) is 41.6. The first-order chi connectivity index (χ1) is 30.1. The fourth-order valence-electron chi connectivity index (χ4n) is 12.1. The molecule has 0 atom stereocenters. The minimum atomic E-state index is 0.0240. The fraction of sp³-hybridized carbons (Fsp3) is 0.367. The summed E-state index contributed by atoms with van der Waals surface area (Å²) in [6.45, 7) is 31.4. The smallest absolute Gasteiger partial charge is 0.264 e. The second-order valence-corrected chi connectivity index (χ2v) is 24.8. The van der Waals surface area contributed by atoms with Crippen LogP contribution in [0.3, 0.4) is 0 Å². The van der Waals surface area contributed by atoms with Gasteiger partial charge < -0.3 is 9.80 Å². The van der Waals surface area contributed by atoms with Crippen LogP contribution < -0.4 is 25.5 Å². The van der Waals surface area contributed by atoms with Crippen LogP contribution in [0.2, 0.25) is 0 Å². The molecular formula is C60H65BN2S. The molecule has 4 aliphatic rings. The summed E-state index contributed by atoms with van der Waals surface area (Å²) in [5, 5.41) is 1.36. The number of aryl methyl sites for hydroxylation is 2. The molecular weight excluding hydrogens is 792 g/mol. The number of hydrogen-bond donors (Lipinski definition) is 0. The Morgan fingerprint density at radius 1 is 0.531 bits per heavy atom. The Morgan fingerprint density at radius 2 is 1.12 bits per heavy atom. The summed E-state index contributed by atoms with van der Waals surface area (Å²) in [4.78, 5) is 5.40. The number of nitrogens with zero attached hydrogens (tertiary/aromatic N) is 2. The first-order valence-corrected chi connectivity index (χ1v) is 24.8. The van der Waals surface area contributed by atoms with Gasteiger partial charge in [0.15, 0.2) is 0 Å². The van der Waals surface area contributed by atoms with Crippen molar-refractivity contribution < 1.29 is 0 Å². The van der Waals surface area contributed by atoms with E-state index in [0.29, 0.717) is 0 Å². The standard InChI is InChI=1S/C60H65BN2S/c1-36-19-23-47-49(29-36)63(48-35-46-45(59(10,11)27-28-60(46,12)13)34-41(48)38-17-15-14-16-18-38)51-31-37(2)30-50-53(51)61(47)55-54(42-32-39(56(3,4)5)20-24-52(42)64-55)62(50)40-21-22-43-44(33-40)58(8,9)26-25-57(43,6)7/h14-24,29-35H,25-28H2,1-13H3. The summed E-state index contributed by atoms with van der Waals surface area (Å²) in [5.41, 5.74) is 23.4. The second kappa shape index (κ2) is 13.7. The zero-order valence-electron chi connectivity index (χ0n) is 40.6. The van der Waals surface area contributed by atoms with Gasteiger partial charge in [-0.15, -0.1) is 11.3 Å². The minimum Gasteiger partial charge on any atom is -0.311 e. The van der Waals surface area contributed by atoms with Crippen LogP contribution in [-0.2, 0) is 27.1 Å². The Labute approximate surface area is 387 Å². The summed E-state index contributed by atoms with van der Waals surface area (Å²) in [7, 11) is 0. The summed E-state index contributed by atoms with van der Waals surface area (Å²) in [6.07, 6.45) is 4.74. The predicted molar refractivity (Wildman–Crippen MR) is 280 cm³/mol. The van der Waals surface area contributed by atoms with Crippen molar-refractivity contribution in [3.8, 4) is 11.1 Å². The maximum atomic E-state index is 2.70. The second-order valence-electron chi connectivity index (χ2n) is 23.7. The molecule has 2 nitrogen and oxygen atoms in total. The molecule has 0 saturated carbocycles. The van der Waals surface area contributed by atoms with E-state index in [0.717, 1.165) is 0 Å². The van der Waals surface area contributed by atoms with Gasteiger partial charge in [0.1, 0.15) is 0 Å². The van der Waals surface area contributed by atoms with E-state index in [1.165, 1.54) is 136 Å². The van der Waals surface area contributed by atoms with Crippen molar-refractivity contribution in [3.63, 3.8) is 0 Å². The molecule has 2 aliphatic carbocycles. The van der Waals surface area contributed by atoms with Gasteiger partial charge in [-0.1, -0.05) is 131 Å². The quantitative estimate of drug-likeness (QED) is 0.163. The predicted octanol–water partition coefficient (Wildman–Crippen LogP) is 15.3. The summed E-state index contributed by atoms with van der Waals surface area (Å²) in [6, 6.07) is 43.6. The molecule has 1 aromatic heterocycles. The van der Waals surface area contributed by atoms with E-state index in [1.54, 1.807) is 0 Å². The van der Waals surface area contributed by atoms with Gasteiger partial charge in [0.25, 0.3) is 6.71 Å². The molecule has 0 amide bonds. The molecule has 0 N–H and O–H groups in total. The van der Waals surface area contributed by atoms with Crippen LogP contribution >= 0.6 is 11.3 Å². The van der Waals surface area contributed by atoms with Crippen molar-refractivity contribution in [1.82, 2.24) is 0 Å². The van der Waals surface area contributed by atoms with E-state index in [1.807, 2.05) is 11.3 Å². The number of benzene rings is 6. The van der Waals surface area contributed by atoms with Gasteiger partial charge in [0.05, 0.1) is 11.4 Å². The summed E-state index contributed by atoms with van der Waals surface area (Å²) < 4.78 is 2.80. The van der Waals surface area contributed by atoms with E-state index >= 15 is 0 Å². The van der Waals surface area contributed by atoms with Crippen LogP contribution in [0.4, 0.5) is 34.1 Å². The average molecular weight is 857 g/mol. The lowest BCUT2D eigenvalue weighted by atomic mass is 9.36. The van der Waals surface area contributed by atoms with Gasteiger partial charge in [0, 0.05) is 43.2 Å². The molecule has 3 heterocycles. The molecule has 0 spiro atoms. The highest BCUT2D eigenvalue weighted by molar-refractivity contribution is 7.33. The number of thiophene rings is 1. The molecule has 0 bridgehead atoms. The highest BCUT2D eigenvalue weighted by Crippen LogP contribution is 2.55. The Balaban J connectivity index is 1.26. The third kappa shape index (κ3) is 6.17. The van der Waals surface area contributed by atoms with Crippen LogP contribution in [-0.4, -0.2) is 6.71 Å².